The lowest BCUT2D eigenvalue weighted by Crippen LogP contribution is -2.55. The molecule has 1 aromatic heterocycles. The van der Waals surface area contributed by atoms with Gasteiger partial charge in [0.1, 0.15) is 41.8 Å². The van der Waals surface area contributed by atoms with Crippen molar-refractivity contribution >= 4 is 63.7 Å². The summed E-state index contributed by atoms with van der Waals surface area (Å²) >= 11 is 7.37. The van der Waals surface area contributed by atoms with Crippen LogP contribution in [-0.2, 0) is 35.2 Å². The molecule has 3 aromatic carbocycles. The van der Waals surface area contributed by atoms with Gasteiger partial charge in [-0.05, 0) is 106 Å². The monoisotopic (exact) mass is 953 g/mol. The first-order valence-electron chi connectivity index (χ1n) is 22.3. The number of rotatable bonds is 22. The number of ether oxygens (including phenoxy) is 4. The number of hydrogen-bond acceptors (Lipinski definition) is 13. The minimum atomic E-state index is -0.966. The highest BCUT2D eigenvalue weighted by molar-refractivity contribution is 7.81. The van der Waals surface area contributed by atoms with Crippen LogP contribution in [0, 0.1) is 24.2 Å². The Labute approximate surface area is 401 Å². The van der Waals surface area contributed by atoms with E-state index >= 15 is 0 Å². The highest BCUT2D eigenvalue weighted by Crippen LogP contribution is 2.38. The van der Waals surface area contributed by atoms with Gasteiger partial charge in [0.05, 0.1) is 47.2 Å². The lowest BCUT2D eigenvalue weighted by Gasteiger charge is -2.30. The number of aromatic nitrogens is 1. The number of nitrogens with zero attached hydrogens (tertiary/aromatic N) is 5. The molecule has 2 aliphatic heterocycles. The summed E-state index contributed by atoms with van der Waals surface area (Å²) in [6, 6.07) is 20.5. The van der Waals surface area contributed by atoms with Gasteiger partial charge in [-0.1, -0.05) is 38.1 Å². The first kappa shape index (κ1) is 50.4. The number of aliphatic hydroxyl groups is 1. The number of carbonyl (C=O) groups excluding carboxylic acids is 4. The third kappa shape index (κ3) is 12.3. The molecule has 3 heterocycles. The second kappa shape index (κ2) is 23.2. The second-order valence-electron chi connectivity index (χ2n) is 17.2. The molecule has 0 radical (unpaired) electrons. The number of β-amino-alcohol motifs (C(OH)–C–C–N with tert-alkyl or cyclic N) is 1. The molecule has 4 amide bonds. The number of carbonyl (C=O) groups is 4. The molecule has 4 aromatic rings. The van der Waals surface area contributed by atoms with E-state index in [1.54, 1.807) is 34.4 Å². The number of aliphatic hydroxyl groups excluding tert-OH is 1. The fourth-order valence-corrected chi connectivity index (χ4v) is 9.29. The minimum Gasteiger partial charge on any atom is -0.495 e. The average molecular weight is 954 g/mol. The number of benzene rings is 3. The highest BCUT2D eigenvalue weighted by Gasteiger charge is 2.50. The maximum absolute atomic E-state index is 13.7. The standard InChI is InChI=1S/C49H59N7O9S2/c1-31(2)43(46(60)54-28-38(57)25-40(54)45(59)51-27-33-10-12-34(13-11-33)44-32(3)52-30-67-44)53-42(58)29-64-22-9-21-63-20-7-8-23-65-39-18-16-36(17-19-39)56-48(66)55(47(61)49(56,4)5)37-15-14-35(26-50)41(24-37)62-6/h10-19,24,30-31,38,40,43,57H,7-9,20-23,25,27-29H2,1-6H3,(H,51,59)(H,53,58)/t38-,40+,43+/m1/s1. The van der Waals surface area contributed by atoms with Crippen molar-refractivity contribution in [2.24, 2.45) is 5.92 Å². The number of hydrogen-bond donors (Lipinski definition) is 3. The first-order chi connectivity index (χ1) is 32.1. The van der Waals surface area contributed by atoms with Crippen molar-refractivity contribution in [2.75, 3.05) is 56.5 Å². The normalized spacial score (nSPS) is 17.1. The van der Waals surface area contributed by atoms with E-state index in [2.05, 4.69) is 21.7 Å². The number of likely N-dealkylation sites (tertiary alicyclic amines) is 1. The summed E-state index contributed by atoms with van der Waals surface area (Å²) in [4.78, 5) is 63.6. The van der Waals surface area contributed by atoms with Gasteiger partial charge >= 0.3 is 0 Å². The topological polar surface area (TPSA) is 196 Å². The number of anilines is 2. The van der Waals surface area contributed by atoms with Gasteiger partial charge in [0, 0.05) is 51.1 Å². The van der Waals surface area contributed by atoms with Crippen molar-refractivity contribution in [1.82, 2.24) is 20.5 Å². The Morgan fingerprint density at radius 2 is 1.67 bits per heavy atom. The molecule has 2 fully saturated rings. The van der Waals surface area contributed by atoms with Crippen LogP contribution in [0.4, 0.5) is 11.4 Å². The van der Waals surface area contributed by atoms with Gasteiger partial charge in [-0.15, -0.1) is 11.3 Å². The number of thiocarbonyl (C=S) groups is 1. The Hall–Kier alpha value is -5.97. The van der Waals surface area contributed by atoms with Crippen LogP contribution in [0.3, 0.4) is 0 Å². The summed E-state index contributed by atoms with van der Waals surface area (Å²) in [5, 5.41) is 25.9. The van der Waals surface area contributed by atoms with Crippen LogP contribution in [0.25, 0.3) is 10.4 Å². The van der Waals surface area contributed by atoms with Crippen LogP contribution in [0.5, 0.6) is 11.5 Å². The van der Waals surface area contributed by atoms with E-state index in [1.165, 1.54) is 16.9 Å². The Morgan fingerprint density at radius 1 is 0.985 bits per heavy atom. The smallest absolute Gasteiger partial charge is 0.259 e. The number of methoxy groups -OCH3 is 1. The summed E-state index contributed by atoms with van der Waals surface area (Å²) in [6.07, 6.45) is 1.36. The van der Waals surface area contributed by atoms with Gasteiger partial charge in [-0.25, -0.2) is 4.98 Å². The Morgan fingerprint density at radius 3 is 2.34 bits per heavy atom. The Kier molecular flexibility index (Phi) is 17.4. The molecule has 3 N–H and O–H groups in total. The van der Waals surface area contributed by atoms with E-state index in [1.807, 2.05) is 88.7 Å². The van der Waals surface area contributed by atoms with Gasteiger partial charge in [0.25, 0.3) is 5.91 Å². The van der Waals surface area contributed by atoms with Crippen LogP contribution in [-0.4, -0.2) is 114 Å². The predicted octanol–water partition coefficient (Wildman–Crippen LogP) is 5.92. The fraction of sp³-hybridized carbons (Fsp3) is 0.449. The molecule has 0 bridgehead atoms. The van der Waals surface area contributed by atoms with Crippen molar-refractivity contribution in [2.45, 2.75) is 90.6 Å². The quantitative estimate of drug-likeness (QED) is 0.0622. The Balaban J connectivity index is 0.846. The number of nitrogens with one attached hydrogen (secondary N) is 2. The van der Waals surface area contributed by atoms with Crippen molar-refractivity contribution in [3.8, 4) is 28.0 Å². The zero-order chi connectivity index (χ0) is 48.3. The van der Waals surface area contributed by atoms with Gasteiger partial charge in [-0.2, -0.15) is 5.26 Å². The molecule has 356 valence electrons. The molecule has 16 nitrogen and oxygen atoms in total. The third-order valence-corrected chi connectivity index (χ3v) is 13.0. The largest absolute Gasteiger partial charge is 0.495 e. The number of aryl methyl sites for hydroxylation is 1. The molecule has 0 spiro atoms. The number of amides is 4. The summed E-state index contributed by atoms with van der Waals surface area (Å²) < 4.78 is 22.6. The molecule has 2 aliphatic rings. The van der Waals surface area contributed by atoms with Crippen LogP contribution in [0.2, 0.25) is 0 Å². The molecular weight excluding hydrogens is 895 g/mol. The van der Waals surface area contributed by atoms with E-state index in [9.17, 15) is 29.5 Å². The molecule has 2 saturated heterocycles. The summed E-state index contributed by atoms with van der Waals surface area (Å²) in [6.45, 7) is 11.0. The summed E-state index contributed by atoms with van der Waals surface area (Å²) in [5.41, 5.74) is 5.36. The Bertz CT molecular complexity index is 2420. The molecule has 3 atom stereocenters. The molecule has 0 aliphatic carbocycles. The number of nitriles is 1. The van der Waals surface area contributed by atoms with Crippen LogP contribution in [0.15, 0.2) is 72.2 Å². The SMILES string of the molecule is COc1cc(N2C(=O)C(C)(C)N(c3ccc(OCCCCOCCCOCC(=O)N[C@H](C(=O)N4C[C@H](O)C[C@H]4C(=O)NCc4ccc(-c5scnc5C)cc4)C(C)C)cc3)C2=S)ccc1C#N. The maximum Gasteiger partial charge on any atom is 0.259 e. The molecule has 67 heavy (non-hydrogen) atoms. The zero-order valence-corrected chi connectivity index (χ0v) is 40.4. The van der Waals surface area contributed by atoms with Gasteiger partial charge in [0.2, 0.25) is 17.7 Å². The first-order valence-corrected chi connectivity index (χ1v) is 23.6. The summed E-state index contributed by atoms with van der Waals surface area (Å²) in [5.74, 6) is -0.696. The summed E-state index contributed by atoms with van der Waals surface area (Å²) in [7, 11) is 1.47. The van der Waals surface area contributed by atoms with E-state index in [4.69, 9.17) is 31.2 Å². The lowest BCUT2D eigenvalue weighted by atomic mass is 10.0. The third-order valence-electron chi connectivity index (χ3n) is 11.6. The van der Waals surface area contributed by atoms with E-state index < -0.39 is 35.5 Å². The van der Waals surface area contributed by atoms with Crippen LogP contribution in [0.1, 0.15) is 70.2 Å². The van der Waals surface area contributed by atoms with Gasteiger partial charge in [0.15, 0.2) is 5.11 Å². The molecule has 0 unspecified atom stereocenters. The van der Waals surface area contributed by atoms with Crippen LogP contribution >= 0.6 is 23.6 Å². The van der Waals surface area contributed by atoms with E-state index in [0.717, 1.165) is 40.2 Å². The zero-order valence-electron chi connectivity index (χ0n) is 38.8. The number of unbranched alkanes of at least 4 members (excludes halogenated alkanes) is 1. The van der Waals surface area contributed by atoms with Crippen LogP contribution < -0.4 is 29.9 Å². The van der Waals surface area contributed by atoms with E-state index in [-0.39, 0.29) is 50.5 Å². The average Bonchev–Trinajstić information content (AvgIpc) is 3.98. The molecule has 18 heteroatoms. The molecule has 0 saturated carbocycles. The van der Waals surface area contributed by atoms with Crippen molar-refractivity contribution in [1.29, 1.82) is 5.26 Å². The molecular formula is C49H59N7O9S2. The van der Waals surface area contributed by atoms with Crippen molar-refractivity contribution in [3.63, 3.8) is 0 Å². The minimum absolute atomic E-state index is 0.00451. The lowest BCUT2D eigenvalue weighted by molar-refractivity contribution is -0.143. The second-order valence-corrected chi connectivity index (χ2v) is 18.5. The highest BCUT2D eigenvalue weighted by atomic mass is 32.1. The van der Waals surface area contributed by atoms with Crippen molar-refractivity contribution in [3.05, 3.63) is 89.1 Å². The van der Waals surface area contributed by atoms with E-state index in [0.29, 0.717) is 54.1 Å². The van der Waals surface area contributed by atoms with Crippen molar-refractivity contribution < 1.29 is 43.2 Å². The predicted molar refractivity (Wildman–Crippen MR) is 259 cm³/mol. The number of thiazole rings is 1. The molecule has 6 rings (SSSR count). The maximum atomic E-state index is 13.7. The fourth-order valence-electron chi connectivity index (χ4n) is 7.96. The van der Waals surface area contributed by atoms with Gasteiger partial charge in [-0.3, -0.25) is 24.1 Å². The van der Waals surface area contributed by atoms with Gasteiger partial charge < -0.3 is 44.5 Å².